The largest absolute Gasteiger partial charge is 0.348 e. The Morgan fingerprint density at radius 1 is 1.44 bits per heavy atom. The van der Waals surface area contributed by atoms with E-state index in [4.69, 9.17) is 0 Å². The molecule has 0 radical (unpaired) electrons. The Labute approximate surface area is 117 Å². The number of hydrogen-bond acceptors (Lipinski definition) is 2. The van der Waals surface area contributed by atoms with Crippen molar-refractivity contribution in [2.75, 3.05) is 0 Å². The summed E-state index contributed by atoms with van der Waals surface area (Å²) in [5, 5.41) is 6.86. The van der Waals surface area contributed by atoms with E-state index < -0.39 is 0 Å². The van der Waals surface area contributed by atoms with E-state index in [1.54, 1.807) is 11.3 Å². The zero-order valence-corrected chi connectivity index (χ0v) is 12.1. The molecule has 18 heavy (non-hydrogen) atoms. The van der Waals surface area contributed by atoms with Crippen LogP contribution < -0.4 is 5.32 Å². The molecule has 1 N–H and O–H groups in total. The van der Waals surface area contributed by atoms with Crippen LogP contribution in [0, 0.1) is 12.7 Å². The zero-order chi connectivity index (χ0) is 13.1. The van der Waals surface area contributed by atoms with Crippen LogP contribution in [0.25, 0.3) is 0 Å². The van der Waals surface area contributed by atoms with E-state index in [9.17, 15) is 9.18 Å². The normalized spacial score (nSPS) is 10.4. The summed E-state index contributed by atoms with van der Waals surface area (Å²) in [5.74, 6) is -0.582. The van der Waals surface area contributed by atoms with Gasteiger partial charge in [0.05, 0.1) is 4.47 Å². The maximum Gasteiger partial charge on any atom is 0.251 e. The molecule has 0 saturated heterocycles. The van der Waals surface area contributed by atoms with Gasteiger partial charge >= 0.3 is 0 Å². The monoisotopic (exact) mass is 327 g/mol. The molecule has 0 unspecified atom stereocenters. The van der Waals surface area contributed by atoms with Gasteiger partial charge in [0.25, 0.3) is 5.91 Å². The van der Waals surface area contributed by atoms with Gasteiger partial charge in [-0.15, -0.1) is 0 Å². The maximum atomic E-state index is 13.0. The number of aryl methyl sites for hydroxylation is 1. The van der Waals surface area contributed by atoms with Crippen LogP contribution in [0.2, 0.25) is 0 Å². The van der Waals surface area contributed by atoms with Crippen molar-refractivity contribution in [3.05, 3.63) is 55.9 Å². The molecular weight excluding hydrogens is 317 g/mol. The molecule has 94 valence electrons. The number of rotatable bonds is 3. The molecule has 0 atom stereocenters. The minimum absolute atomic E-state index is 0.207. The summed E-state index contributed by atoms with van der Waals surface area (Å²) in [4.78, 5) is 11.9. The number of halogens is 2. The lowest BCUT2D eigenvalue weighted by Gasteiger charge is -2.05. The quantitative estimate of drug-likeness (QED) is 0.910. The van der Waals surface area contributed by atoms with Gasteiger partial charge in [0.15, 0.2) is 0 Å². The molecule has 5 heteroatoms. The Bertz CT molecular complexity index is 582. The molecule has 2 aromatic rings. The zero-order valence-electron chi connectivity index (χ0n) is 9.67. The van der Waals surface area contributed by atoms with Gasteiger partial charge in [0.1, 0.15) is 5.82 Å². The van der Waals surface area contributed by atoms with Crippen molar-refractivity contribution in [3.8, 4) is 0 Å². The van der Waals surface area contributed by atoms with E-state index in [0.29, 0.717) is 16.6 Å². The van der Waals surface area contributed by atoms with Gasteiger partial charge in [-0.2, -0.15) is 11.3 Å². The van der Waals surface area contributed by atoms with E-state index >= 15 is 0 Å². The van der Waals surface area contributed by atoms with Crippen LogP contribution in [0.1, 0.15) is 21.5 Å². The van der Waals surface area contributed by atoms with E-state index in [1.807, 2.05) is 17.7 Å². The molecule has 1 amide bonds. The Morgan fingerprint density at radius 3 is 2.83 bits per heavy atom. The van der Waals surface area contributed by atoms with Gasteiger partial charge in [0.2, 0.25) is 0 Å². The molecule has 1 aromatic carbocycles. The standard InChI is InChI=1S/C13H11BrFNOS/c1-8-6-18-7-10(8)5-16-13(17)9-2-3-12(15)11(14)4-9/h2-4,6-7H,5H2,1H3,(H,16,17). The first-order chi connectivity index (χ1) is 8.58. The summed E-state index contributed by atoms with van der Waals surface area (Å²) in [6.45, 7) is 2.50. The van der Waals surface area contributed by atoms with Crippen LogP contribution in [0.4, 0.5) is 4.39 Å². The van der Waals surface area contributed by atoms with Crippen molar-refractivity contribution in [2.45, 2.75) is 13.5 Å². The third kappa shape index (κ3) is 2.97. The molecule has 0 saturated carbocycles. The molecule has 0 aliphatic carbocycles. The van der Waals surface area contributed by atoms with E-state index in [2.05, 4.69) is 21.2 Å². The fourth-order valence-corrected chi connectivity index (χ4v) is 2.72. The van der Waals surface area contributed by atoms with E-state index in [-0.39, 0.29) is 11.7 Å². The molecule has 2 nitrogen and oxygen atoms in total. The Kier molecular flexibility index (Phi) is 4.14. The smallest absolute Gasteiger partial charge is 0.251 e. The van der Waals surface area contributed by atoms with Crippen LogP contribution in [-0.2, 0) is 6.54 Å². The van der Waals surface area contributed by atoms with Crippen molar-refractivity contribution >= 4 is 33.2 Å². The first-order valence-corrected chi connectivity index (χ1v) is 7.06. The molecule has 0 aliphatic heterocycles. The third-order valence-corrected chi connectivity index (χ3v) is 4.10. The summed E-state index contributed by atoms with van der Waals surface area (Å²) < 4.78 is 13.3. The Morgan fingerprint density at radius 2 is 2.22 bits per heavy atom. The number of carbonyl (C=O) groups is 1. The first-order valence-electron chi connectivity index (χ1n) is 5.33. The predicted molar refractivity (Wildman–Crippen MR) is 74.3 cm³/mol. The maximum absolute atomic E-state index is 13.0. The summed E-state index contributed by atoms with van der Waals surface area (Å²) in [6.07, 6.45) is 0. The van der Waals surface area contributed by atoms with E-state index in [1.165, 1.54) is 23.8 Å². The van der Waals surface area contributed by atoms with Crippen molar-refractivity contribution in [2.24, 2.45) is 0 Å². The van der Waals surface area contributed by atoms with Gasteiger partial charge in [-0.25, -0.2) is 4.39 Å². The average Bonchev–Trinajstić information content (AvgIpc) is 2.75. The van der Waals surface area contributed by atoms with Crippen LogP contribution >= 0.6 is 27.3 Å². The van der Waals surface area contributed by atoms with Crippen molar-refractivity contribution < 1.29 is 9.18 Å². The first kappa shape index (κ1) is 13.2. The van der Waals surface area contributed by atoms with Crippen LogP contribution in [-0.4, -0.2) is 5.91 Å². The summed E-state index contributed by atoms with van der Waals surface area (Å²) in [5.41, 5.74) is 2.71. The molecule has 0 bridgehead atoms. The second kappa shape index (κ2) is 5.63. The molecule has 0 aliphatic rings. The highest BCUT2D eigenvalue weighted by Gasteiger charge is 2.09. The molecule has 0 fully saturated rings. The Balaban J connectivity index is 2.04. The SMILES string of the molecule is Cc1cscc1CNC(=O)c1ccc(F)c(Br)c1. The third-order valence-electron chi connectivity index (χ3n) is 2.58. The second-order valence-corrected chi connectivity index (χ2v) is 5.49. The fraction of sp³-hybridized carbons (Fsp3) is 0.154. The van der Waals surface area contributed by atoms with Gasteiger partial charge in [0, 0.05) is 12.1 Å². The number of hydrogen-bond donors (Lipinski definition) is 1. The van der Waals surface area contributed by atoms with E-state index in [0.717, 1.165) is 5.56 Å². The second-order valence-electron chi connectivity index (χ2n) is 3.89. The molecule has 0 spiro atoms. The number of benzene rings is 1. The van der Waals surface area contributed by atoms with Crippen molar-refractivity contribution in [1.29, 1.82) is 0 Å². The summed E-state index contributed by atoms with van der Waals surface area (Å²) >= 11 is 4.67. The van der Waals surface area contributed by atoms with Gasteiger partial charge in [-0.3, -0.25) is 4.79 Å². The topological polar surface area (TPSA) is 29.1 Å². The van der Waals surface area contributed by atoms with Gasteiger partial charge in [-0.1, -0.05) is 0 Å². The molecule has 1 aromatic heterocycles. The minimum Gasteiger partial charge on any atom is -0.348 e. The number of thiophene rings is 1. The lowest BCUT2D eigenvalue weighted by atomic mass is 10.2. The highest BCUT2D eigenvalue weighted by molar-refractivity contribution is 9.10. The highest BCUT2D eigenvalue weighted by atomic mass is 79.9. The lowest BCUT2D eigenvalue weighted by Crippen LogP contribution is -2.22. The lowest BCUT2D eigenvalue weighted by molar-refractivity contribution is 0.0951. The van der Waals surface area contributed by atoms with Crippen LogP contribution in [0.3, 0.4) is 0 Å². The molecule has 1 heterocycles. The number of nitrogens with one attached hydrogen (secondary N) is 1. The van der Waals surface area contributed by atoms with Gasteiger partial charge < -0.3 is 5.32 Å². The predicted octanol–water partition coefficient (Wildman–Crippen LogP) is 3.89. The fourth-order valence-electron chi connectivity index (χ4n) is 1.48. The Hall–Kier alpha value is -1.20. The summed E-state index contributed by atoms with van der Waals surface area (Å²) in [6, 6.07) is 4.22. The van der Waals surface area contributed by atoms with Crippen LogP contribution in [0.5, 0.6) is 0 Å². The minimum atomic E-state index is -0.375. The van der Waals surface area contributed by atoms with Gasteiger partial charge in [-0.05, 0) is 62.9 Å². The summed E-state index contributed by atoms with van der Waals surface area (Å²) in [7, 11) is 0. The average molecular weight is 328 g/mol. The molecular formula is C13H11BrFNOS. The highest BCUT2D eigenvalue weighted by Crippen LogP contribution is 2.17. The number of amides is 1. The van der Waals surface area contributed by atoms with Crippen molar-refractivity contribution in [3.63, 3.8) is 0 Å². The number of carbonyl (C=O) groups excluding carboxylic acids is 1. The molecule has 2 rings (SSSR count). The van der Waals surface area contributed by atoms with Crippen LogP contribution in [0.15, 0.2) is 33.4 Å². The van der Waals surface area contributed by atoms with Crippen molar-refractivity contribution in [1.82, 2.24) is 5.32 Å².